The largest absolute Gasteiger partial charge is 0.481 e. The van der Waals surface area contributed by atoms with Crippen LogP contribution >= 0.6 is 11.6 Å². The first-order chi connectivity index (χ1) is 5.59. The molecule has 0 saturated carbocycles. The monoisotopic (exact) mass is 183 g/mol. The molecule has 1 aliphatic carbocycles. The third-order valence-corrected chi connectivity index (χ3v) is 2.07. The third-order valence-electron chi connectivity index (χ3n) is 1.73. The second-order valence-electron chi connectivity index (χ2n) is 2.82. The molecule has 4 heteroatoms. The van der Waals surface area contributed by atoms with Gasteiger partial charge >= 0.3 is 5.97 Å². The third kappa shape index (κ3) is 1.28. The lowest BCUT2D eigenvalue weighted by molar-refractivity contribution is -0.137. The fourth-order valence-electron chi connectivity index (χ4n) is 1.11. The minimum Gasteiger partial charge on any atom is -0.481 e. The Kier molecular flexibility index (Phi) is 1.38. The molecule has 0 aromatic heterocycles. The highest BCUT2D eigenvalue weighted by molar-refractivity contribution is 6.32. The maximum atomic E-state index is 10.4. The molecule has 1 aliphatic heterocycles. The van der Waals surface area contributed by atoms with E-state index < -0.39 is 11.0 Å². The van der Waals surface area contributed by atoms with Crippen LogP contribution < -0.4 is 0 Å². The molecule has 3 nitrogen and oxygen atoms in total. The van der Waals surface area contributed by atoms with Crippen LogP contribution in [0.4, 0.5) is 0 Å². The van der Waals surface area contributed by atoms with E-state index in [9.17, 15) is 4.79 Å². The molecule has 12 heavy (non-hydrogen) atoms. The molecule has 0 saturated heterocycles. The first kappa shape index (κ1) is 7.55. The molecule has 0 aromatic carbocycles. The Hall–Kier alpha value is -1.09. The molecule has 62 valence electrons. The van der Waals surface area contributed by atoms with E-state index in [1.165, 1.54) is 0 Å². The standard InChI is InChI=1S/C8H6ClNO2/c9-8(4-7(11)12)2-1-5-3-6(5)10-8/h1-3H,4H2,(H,11,12). The van der Waals surface area contributed by atoms with Crippen molar-refractivity contribution >= 4 is 23.3 Å². The number of nitrogens with zero attached hydrogens (tertiary/aromatic N) is 1. The summed E-state index contributed by atoms with van der Waals surface area (Å²) in [5, 5.41) is 8.53. The van der Waals surface area contributed by atoms with Crippen LogP contribution in [-0.4, -0.2) is 21.8 Å². The van der Waals surface area contributed by atoms with Crippen molar-refractivity contribution in [2.24, 2.45) is 4.99 Å². The van der Waals surface area contributed by atoms with Gasteiger partial charge in [-0.3, -0.25) is 9.79 Å². The van der Waals surface area contributed by atoms with Gasteiger partial charge in [0.1, 0.15) is 0 Å². The van der Waals surface area contributed by atoms with E-state index in [0.29, 0.717) is 0 Å². The number of hydrogen-bond acceptors (Lipinski definition) is 2. The van der Waals surface area contributed by atoms with Crippen molar-refractivity contribution in [1.82, 2.24) is 0 Å². The zero-order valence-corrected chi connectivity index (χ0v) is 6.88. The second kappa shape index (κ2) is 2.20. The zero-order valence-electron chi connectivity index (χ0n) is 6.12. The molecule has 2 rings (SSSR count). The summed E-state index contributed by atoms with van der Waals surface area (Å²) in [5.41, 5.74) is 1.88. The summed E-state index contributed by atoms with van der Waals surface area (Å²) < 4.78 is 0. The predicted molar refractivity (Wildman–Crippen MR) is 45.5 cm³/mol. The lowest BCUT2D eigenvalue weighted by atomic mass is 10.1. The van der Waals surface area contributed by atoms with E-state index >= 15 is 0 Å². The summed E-state index contributed by atoms with van der Waals surface area (Å²) in [6.45, 7) is 0. The predicted octanol–water partition coefficient (Wildman–Crippen LogP) is 1.35. The number of rotatable bonds is 2. The Morgan fingerprint density at radius 2 is 2.50 bits per heavy atom. The summed E-state index contributed by atoms with van der Waals surface area (Å²) in [6.07, 6.45) is 5.11. The van der Waals surface area contributed by atoms with Gasteiger partial charge in [-0.15, -0.1) is 0 Å². The highest BCUT2D eigenvalue weighted by atomic mass is 35.5. The minimum atomic E-state index is -1.06. The summed E-state index contributed by atoms with van der Waals surface area (Å²) in [7, 11) is 0. The number of aliphatic imine (C=N–C) groups is 1. The van der Waals surface area contributed by atoms with Crippen LogP contribution in [0.3, 0.4) is 0 Å². The van der Waals surface area contributed by atoms with Gasteiger partial charge in [0.25, 0.3) is 0 Å². The number of alkyl halides is 1. The van der Waals surface area contributed by atoms with Gasteiger partial charge in [-0.25, -0.2) is 0 Å². The summed E-state index contributed by atoms with van der Waals surface area (Å²) >= 11 is 5.90. The number of halogens is 1. The molecule has 0 amide bonds. The molecule has 2 aliphatic rings. The SMILES string of the molecule is O=C(O)CC1(Cl)C=CC2=CC2=N1. The fourth-order valence-corrected chi connectivity index (χ4v) is 1.38. The van der Waals surface area contributed by atoms with Gasteiger partial charge in [-0.1, -0.05) is 17.7 Å². The van der Waals surface area contributed by atoms with E-state index in [4.69, 9.17) is 16.7 Å². The molecule has 0 spiro atoms. The average Bonchev–Trinajstić information content (AvgIpc) is 2.62. The summed E-state index contributed by atoms with van der Waals surface area (Å²) in [5.74, 6) is -0.942. The average molecular weight is 184 g/mol. The highest BCUT2D eigenvalue weighted by Crippen LogP contribution is 2.34. The lowest BCUT2D eigenvalue weighted by Crippen LogP contribution is -2.22. The van der Waals surface area contributed by atoms with Crippen LogP contribution in [0.25, 0.3) is 0 Å². The van der Waals surface area contributed by atoms with Gasteiger partial charge in [0.2, 0.25) is 0 Å². The number of dihydropyridines is 1. The number of carboxylic acid groups (broad SMARTS) is 1. The molecule has 0 radical (unpaired) electrons. The van der Waals surface area contributed by atoms with Crippen LogP contribution in [-0.2, 0) is 4.79 Å². The number of aliphatic carboxylic acids is 1. The number of carbonyl (C=O) groups is 1. The maximum Gasteiger partial charge on any atom is 0.307 e. The Morgan fingerprint density at radius 1 is 1.75 bits per heavy atom. The van der Waals surface area contributed by atoms with Gasteiger partial charge < -0.3 is 5.11 Å². The van der Waals surface area contributed by atoms with E-state index in [1.54, 1.807) is 12.2 Å². The molecular formula is C8H6ClNO2. The number of carboxylic acids is 1. The van der Waals surface area contributed by atoms with Crippen LogP contribution in [0.15, 0.2) is 28.8 Å². The highest BCUT2D eigenvalue weighted by Gasteiger charge is 2.33. The second-order valence-corrected chi connectivity index (χ2v) is 3.47. The first-order valence-electron chi connectivity index (χ1n) is 3.51. The normalized spacial score (nSPS) is 30.4. The van der Waals surface area contributed by atoms with E-state index in [2.05, 4.69) is 4.99 Å². The quantitative estimate of drug-likeness (QED) is 0.519. The smallest absolute Gasteiger partial charge is 0.307 e. The van der Waals surface area contributed by atoms with Crippen molar-refractivity contribution in [1.29, 1.82) is 0 Å². The number of allylic oxidation sites excluding steroid dienone is 3. The van der Waals surface area contributed by atoms with Crippen LogP contribution in [0, 0.1) is 0 Å². The van der Waals surface area contributed by atoms with Crippen molar-refractivity contribution in [3.63, 3.8) is 0 Å². The fraction of sp³-hybridized carbons (Fsp3) is 0.250. The van der Waals surface area contributed by atoms with Gasteiger partial charge in [-0.2, -0.15) is 0 Å². The molecule has 1 N–H and O–H groups in total. The summed E-state index contributed by atoms with van der Waals surface area (Å²) in [6, 6.07) is 0. The maximum absolute atomic E-state index is 10.4. The zero-order chi connectivity index (χ0) is 8.77. The number of fused-ring (bicyclic) bond motifs is 1. The van der Waals surface area contributed by atoms with E-state index in [0.717, 1.165) is 11.3 Å². The molecule has 0 fully saturated rings. The molecular weight excluding hydrogens is 178 g/mol. The van der Waals surface area contributed by atoms with E-state index in [-0.39, 0.29) is 6.42 Å². The first-order valence-corrected chi connectivity index (χ1v) is 3.89. The van der Waals surface area contributed by atoms with Gasteiger partial charge in [0.05, 0.1) is 12.1 Å². The van der Waals surface area contributed by atoms with Gasteiger partial charge in [0, 0.05) is 5.57 Å². The van der Waals surface area contributed by atoms with E-state index in [1.807, 2.05) is 6.08 Å². The van der Waals surface area contributed by atoms with Crippen molar-refractivity contribution in [3.05, 3.63) is 23.8 Å². The Labute approximate surface area is 74.1 Å². The van der Waals surface area contributed by atoms with Gasteiger partial charge in [0.15, 0.2) is 5.00 Å². The van der Waals surface area contributed by atoms with Crippen LogP contribution in [0.2, 0.25) is 0 Å². The van der Waals surface area contributed by atoms with Crippen LogP contribution in [0.5, 0.6) is 0 Å². The van der Waals surface area contributed by atoms with Gasteiger partial charge in [-0.05, 0) is 12.2 Å². The lowest BCUT2D eigenvalue weighted by Gasteiger charge is -2.17. The molecule has 1 atom stereocenters. The topological polar surface area (TPSA) is 49.7 Å². The number of hydrogen-bond donors (Lipinski definition) is 1. The molecule has 1 unspecified atom stereocenters. The van der Waals surface area contributed by atoms with Crippen molar-refractivity contribution in [3.8, 4) is 0 Å². The molecule has 1 heterocycles. The molecule has 0 bridgehead atoms. The summed E-state index contributed by atoms with van der Waals surface area (Å²) in [4.78, 5) is 13.4. The minimum absolute atomic E-state index is 0.171. The van der Waals surface area contributed by atoms with Crippen molar-refractivity contribution in [2.75, 3.05) is 0 Å². The van der Waals surface area contributed by atoms with Crippen LogP contribution in [0.1, 0.15) is 6.42 Å². The Bertz CT molecular complexity index is 343. The molecule has 0 aromatic rings. The van der Waals surface area contributed by atoms with Crippen molar-refractivity contribution in [2.45, 2.75) is 11.4 Å². The van der Waals surface area contributed by atoms with Crippen molar-refractivity contribution < 1.29 is 9.90 Å². The Balaban J connectivity index is 2.17. The Morgan fingerprint density at radius 3 is 3.08 bits per heavy atom.